The summed E-state index contributed by atoms with van der Waals surface area (Å²) in [6, 6.07) is 5.36. The van der Waals surface area contributed by atoms with Crippen LogP contribution in [0.2, 0.25) is 5.02 Å². The summed E-state index contributed by atoms with van der Waals surface area (Å²) >= 11 is 6.03. The van der Waals surface area contributed by atoms with Crippen LogP contribution in [0.3, 0.4) is 0 Å². The third-order valence-electron chi connectivity index (χ3n) is 5.37. The van der Waals surface area contributed by atoms with E-state index in [2.05, 4.69) is 15.1 Å². The summed E-state index contributed by atoms with van der Waals surface area (Å²) in [6.07, 6.45) is 2.24. The molecule has 28 heavy (non-hydrogen) atoms. The number of benzene rings is 1. The Labute approximate surface area is 171 Å². The van der Waals surface area contributed by atoms with Crippen molar-refractivity contribution < 1.29 is 14.3 Å². The van der Waals surface area contributed by atoms with Crippen LogP contribution in [0.4, 0.5) is 0 Å². The minimum atomic E-state index is -0.0244. The van der Waals surface area contributed by atoms with Crippen molar-refractivity contribution in [1.29, 1.82) is 0 Å². The van der Waals surface area contributed by atoms with Crippen LogP contribution in [-0.4, -0.2) is 86.0 Å². The van der Waals surface area contributed by atoms with E-state index in [-0.39, 0.29) is 11.8 Å². The highest BCUT2D eigenvalue weighted by atomic mass is 35.5. The molecule has 2 aliphatic rings. The van der Waals surface area contributed by atoms with Gasteiger partial charge >= 0.3 is 0 Å². The topological polar surface area (TPSA) is 65.1 Å². The van der Waals surface area contributed by atoms with Crippen molar-refractivity contribution in [1.82, 2.24) is 20.0 Å². The molecule has 1 N–H and O–H groups in total. The maximum absolute atomic E-state index is 12.3. The zero-order valence-electron chi connectivity index (χ0n) is 16.5. The predicted molar refractivity (Wildman–Crippen MR) is 109 cm³/mol. The van der Waals surface area contributed by atoms with E-state index in [9.17, 15) is 9.59 Å². The molecule has 2 fully saturated rings. The summed E-state index contributed by atoms with van der Waals surface area (Å²) in [6.45, 7) is 6.25. The summed E-state index contributed by atoms with van der Waals surface area (Å²) in [4.78, 5) is 30.8. The second-order valence-corrected chi connectivity index (χ2v) is 7.81. The highest BCUT2D eigenvalue weighted by molar-refractivity contribution is 6.30. The first-order valence-electron chi connectivity index (χ1n) is 9.87. The first kappa shape index (κ1) is 20.9. The molecule has 0 aliphatic carbocycles. The molecule has 3 rings (SSSR count). The number of likely N-dealkylation sites (tertiary alicyclic amines) is 1. The van der Waals surface area contributed by atoms with Gasteiger partial charge in [-0.25, -0.2) is 0 Å². The first-order chi connectivity index (χ1) is 13.5. The fraction of sp³-hybridized carbons (Fsp3) is 0.600. The largest absolute Gasteiger partial charge is 0.496 e. The van der Waals surface area contributed by atoms with Crippen molar-refractivity contribution in [2.24, 2.45) is 0 Å². The number of nitrogens with one attached hydrogen (secondary N) is 1. The molecule has 8 heteroatoms. The summed E-state index contributed by atoms with van der Waals surface area (Å²) in [5.41, 5.74) is 0.855. The zero-order chi connectivity index (χ0) is 19.9. The SMILES string of the molecule is COc1ccc(Cl)cc1CNC(=O)CN1CCN(CC(=O)N2CCCC2)CC1. The molecular weight excluding hydrogens is 380 g/mol. The van der Waals surface area contributed by atoms with Crippen molar-refractivity contribution in [2.75, 3.05) is 59.5 Å². The minimum absolute atomic E-state index is 0.0244. The van der Waals surface area contributed by atoms with Crippen molar-refractivity contribution in [3.8, 4) is 5.75 Å². The van der Waals surface area contributed by atoms with E-state index < -0.39 is 0 Å². The number of carbonyl (C=O) groups is 2. The second kappa shape index (κ2) is 10.1. The molecule has 0 aromatic heterocycles. The number of nitrogens with zero attached hydrogens (tertiary/aromatic N) is 3. The molecule has 0 saturated carbocycles. The van der Waals surface area contributed by atoms with Crippen LogP contribution in [0, 0.1) is 0 Å². The van der Waals surface area contributed by atoms with Gasteiger partial charge in [0.1, 0.15) is 5.75 Å². The highest BCUT2D eigenvalue weighted by Gasteiger charge is 2.24. The maximum atomic E-state index is 12.3. The molecule has 2 saturated heterocycles. The molecule has 0 radical (unpaired) electrons. The Kier molecular flexibility index (Phi) is 7.53. The van der Waals surface area contributed by atoms with Gasteiger partial charge in [-0.2, -0.15) is 0 Å². The van der Waals surface area contributed by atoms with Crippen molar-refractivity contribution in [3.63, 3.8) is 0 Å². The van der Waals surface area contributed by atoms with E-state index in [0.717, 1.165) is 57.7 Å². The average Bonchev–Trinajstić information content (AvgIpc) is 3.23. The lowest BCUT2D eigenvalue weighted by molar-refractivity contribution is -0.132. The zero-order valence-corrected chi connectivity index (χ0v) is 17.2. The first-order valence-corrected chi connectivity index (χ1v) is 10.2. The van der Waals surface area contributed by atoms with Crippen LogP contribution in [0.15, 0.2) is 18.2 Å². The van der Waals surface area contributed by atoms with Gasteiger partial charge in [0.25, 0.3) is 0 Å². The average molecular weight is 409 g/mol. The Morgan fingerprint density at radius 1 is 1.04 bits per heavy atom. The molecule has 0 atom stereocenters. The second-order valence-electron chi connectivity index (χ2n) is 7.37. The quantitative estimate of drug-likeness (QED) is 0.734. The Morgan fingerprint density at radius 3 is 2.32 bits per heavy atom. The fourth-order valence-electron chi connectivity index (χ4n) is 3.70. The summed E-state index contributed by atoms with van der Waals surface area (Å²) < 4.78 is 5.31. The van der Waals surface area contributed by atoms with Crippen LogP contribution in [-0.2, 0) is 16.1 Å². The number of hydrogen-bond donors (Lipinski definition) is 1. The monoisotopic (exact) mass is 408 g/mol. The predicted octanol–water partition coefficient (Wildman–Crippen LogP) is 1.20. The van der Waals surface area contributed by atoms with Gasteiger partial charge in [-0.05, 0) is 31.0 Å². The number of carbonyl (C=O) groups excluding carboxylic acids is 2. The number of hydrogen-bond acceptors (Lipinski definition) is 5. The van der Waals surface area contributed by atoms with Gasteiger partial charge in [0, 0.05) is 56.4 Å². The summed E-state index contributed by atoms with van der Waals surface area (Å²) in [5, 5.41) is 3.55. The minimum Gasteiger partial charge on any atom is -0.496 e. The third kappa shape index (κ3) is 5.83. The van der Waals surface area contributed by atoms with Crippen LogP contribution >= 0.6 is 11.6 Å². The number of halogens is 1. The van der Waals surface area contributed by atoms with E-state index in [1.807, 2.05) is 4.90 Å². The standard InChI is InChI=1S/C20H29ClN4O3/c1-28-18-5-4-17(21)12-16(18)13-22-19(26)14-23-8-10-24(11-9-23)15-20(27)25-6-2-3-7-25/h4-5,12H,2-3,6-11,13-15H2,1H3,(H,22,26). The van der Waals surface area contributed by atoms with Gasteiger partial charge in [-0.1, -0.05) is 11.6 Å². The number of rotatable bonds is 7. The molecule has 154 valence electrons. The van der Waals surface area contributed by atoms with E-state index in [1.165, 1.54) is 0 Å². The molecule has 0 bridgehead atoms. The van der Waals surface area contributed by atoms with Gasteiger partial charge in [0.05, 0.1) is 20.2 Å². The number of piperazine rings is 1. The molecule has 1 aromatic rings. The lowest BCUT2D eigenvalue weighted by atomic mass is 10.2. The number of methoxy groups -OCH3 is 1. The van der Waals surface area contributed by atoms with Crippen LogP contribution in [0.25, 0.3) is 0 Å². The third-order valence-corrected chi connectivity index (χ3v) is 5.60. The Balaban J connectivity index is 1.38. The number of amides is 2. The normalized spacial score (nSPS) is 18.3. The summed E-state index contributed by atoms with van der Waals surface area (Å²) in [7, 11) is 1.60. The van der Waals surface area contributed by atoms with Crippen molar-refractivity contribution in [3.05, 3.63) is 28.8 Å². The van der Waals surface area contributed by atoms with Crippen LogP contribution in [0.1, 0.15) is 18.4 Å². The van der Waals surface area contributed by atoms with Crippen LogP contribution < -0.4 is 10.1 Å². The van der Waals surface area contributed by atoms with E-state index in [0.29, 0.717) is 30.4 Å². The lowest BCUT2D eigenvalue weighted by Crippen LogP contribution is -2.51. The molecule has 1 aromatic carbocycles. The van der Waals surface area contributed by atoms with Gasteiger partial charge < -0.3 is 15.0 Å². The Hall–Kier alpha value is -1.83. The summed E-state index contributed by atoms with van der Waals surface area (Å²) in [5.74, 6) is 0.920. The molecule has 2 heterocycles. The number of ether oxygens (including phenoxy) is 1. The fourth-order valence-corrected chi connectivity index (χ4v) is 3.90. The molecular formula is C20H29ClN4O3. The Morgan fingerprint density at radius 2 is 1.68 bits per heavy atom. The van der Waals surface area contributed by atoms with Crippen molar-refractivity contribution >= 4 is 23.4 Å². The van der Waals surface area contributed by atoms with Crippen LogP contribution in [0.5, 0.6) is 5.75 Å². The molecule has 2 amide bonds. The lowest BCUT2D eigenvalue weighted by Gasteiger charge is -2.34. The highest BCUT2D eigenvalue weighted by Crippen LogP contribution is 2.22. The van der Waals surface area contributed by atoms with E-state index in [1.54, 1.807) is 25.3 Å². The Bertz CT molecular complexity index is 686. The van der Waals surface area contributed by atoms with Crippen molar-refractivity contribution in [2.45, 2.75) is 19.4 Å². The smallest absolute Gasteiger partial charge is 0.236 e. The van der Waals surface area contributed by atoms with E-state index in [4.69, 9.17) is 16.3 Å². The maximum Gasteiger partial charge on any atom is 0.236 e. The molecule has 2 aliphatic heterocycles. The van der Waals surface area contributed by atoms with E-state index >= 15 is 0 Å². The van der Waals surface area contributed by atoms with Gasteiger partial charge in [-0.15, -0.1) is 0 Å². The molecule has 0 spiro atoms. The van der Waals surface area contributed by atoms with Gasteiger partial charge in [0.15, 0.2) is 0 Å². The molecule has 0 unspecified atom stereocenters. The van der Waals surface area contributed by atoms with Gasteiger partial charge in [0.2, 0.25) is 11.8 Å². The van der Waals surface area contributed by atoms with Gasteiger partial charge in [-0.3, -0.25) is 19.4 Å². The molecule has 7 nitrogen and oxygen atoms in total.